The summed E-state index contributed by atoms with van der Waals surface area (Å²) in [6.45, 7) is 7.56. The van der Waals surface area contributed by atoms with Gasteiger partial charge in [-0.05, 0) is 57.0 Å². The number of nitriles is 2. The number of hydrogen-bond donors (Lipinski definition) is 0. The Morgan fingerprint density at radius 3 is 2.03 bits per heavy atom. The average molecular weight is 449 g/mol. The van der Waals surface area contributed by atoms with Gasteiger partial charge in [0.2, 0.25) is 0 Å². The van der Waals surface area contributed by atoms with E-state index < -0.39 is 11.9 Å². The maximum absolute atomic E-state index is 12.9. The molecule has 0 bridgehead atoms. The summed E-state index contributed by atoms with van der Waals surface area (Å²) in [4.78, 5) is 25.7. The van der Waals surface area contributed by atoms with Gasteiger partial charge in [0.25, 0.3) is 0 Å². The minimum absolute atomic E-state index is 0.0131. The van der Waals surface area contributed by atoms with Crippen LogP contribution in [-0.2, 0) is 9.47 Å². The first-order valence-electron chi connectivity index (χ1n) is 11.0. The van der Waals surface area contributed by atoms with Crippen molar-refractivity contribution in [3.8, 4) is 23.6 Å². The van der Waals surface area contributed by atoms with Gasteiger partial charge in [-0.15, -0.1) is 0 Å². The lowest BCUT2D eigenvalue weighted by Gasteiger charge is -2.17. The van der Waals surface area contributed by atoms with Gasteiger partial charge in [0.1, 0.15) is 29.2 Å². The number of rotatable bonds is 10. The third kappa shape index (κ3) is 6.82. The third-order valence-corrected chi connectivity index (χ3v) is 4.92. The zero-order valence-corrected chi connectivity index (χ0v) is 19.4. The van der Waals surface area contributed by atoms with Crippen LogP contribution in [0.3, 0.4) is 0 Å². The highest BCUT2D eigenvalue weighted by Crippen LogP contribution is 2.29. The number of ether oxygens (including phenoxy) is 3. The highest BCUT2D eigenvalue weighted by molar-refractivity contribution is 6.03. The lowest BCUT2D eigenvalue weighted by molar-refractivity contribution is 0.0274. The fraction of sp³-hybridized carbons (Fsp3) is 0.385. The van der Waals surface area contributed by atoms with Crippen molar-refractivity contribution in [2.75, 3.05) is 0 Å². The SMILES string of the molecule is CCCC(C)OC(=O)c1ccc(Oc2cccc(C#N)c2C#N)cc1C(=O)OC(C)CCC. The highest BCUT2D eigenvalue weighted by Gasteiger charge is 2.24. The Balaban J connectivity index is 2.43. The molecule has 0 heterocycles. The monoisotopic (exact) mass is 448 g/mol. The van der Waals surface area contributed by atoms with Crippen LogP contribution in [0.2, 0.25) is 0 Å². The molecule has 0 aromatic heterocycles. The Kier molecular flexibility index (Phi) is 9.45. The van der Waals surface area contributed by atoms with Crippen molar-refractivity contribution in [3.05, 3.63) is 58.7 Å². The van der Waals surface area contributed by atoms with Gasteiger partial charge < -0.3 is 14.2 Å². The van der Waals surface area contributed by atoms with Gasteiger partial charge in [-0.3, -0.25) is 0 Å². The Morgan fingerprint density at radius 1 is 0.879 bits per heavy atom. The summed E-state index contributed by atoms with van der Waals surface area (Å²) in [6, 6.07) is 12.9. The van der Waals surface area contributed by atoms with Gasteiger partial charge >= 0.3 is 11.9 Å². The maximum Gasteiger partial charge on any atom is 0.339 e. The minimum Gasteiger partial charge on any atom is -0.459 e. The highest BCUT2D eigenvalue weighted by atomic mass is 16.5. The van der Waals surface area contributed by atoms with Crippen LogP contribution in [-0.4, -0.2) is 24.1 Å². The van der Waals surface area contributed by atoms with E-state index in [1.807, 2.05) is 26.0 Å². The molecule has 7 heteroatoms. The van der Waals surface area contributed by atoms with E-state index in [1.165, 1.54) is 24.3 Å². The van der Waals surface area contributed by atoms with Crippen molar-refractivity contribution in [2.24, 2.45) is 0 Å². The van der Waals surface area contributed by atoms with Crippen LogP contribution in [0, 0.1) is 22.7 Å². The van der Waals surface area contributed by atoms with Crippen molar-refractivity contribution in [1.82, 2.24) is 0 Å². The summed E-state index contributed by atoms with van der Waals surface area (Å²) < 4.78 is 16.8. The van der Waals surface area contributed by atoms with Gasteiger partial charge in [-0.2, -0.15) is 10.5 Å². The third-order valence-electron chi connectivity index (χ3n) is 4.92. The molecule has 0 aliphatic heterocycles. The van der Waals surface area contributed by atoms with Crippen LogP contribution < -0.4 is 4.74 Å². The van der Waals surface area contributed by atoms with Crippen LogP contribution in [0.1, 0.15) is 85.2 Å². The lowest BCUT2D eigenvalue weighted by Crippen LogP contribution is -2.21. The molecular weight excluding hydrogens is 420 g/mol. The summed E-state index contributed by atoms with van der Waals surface area (Å²) in [5.74, 6) is -0.901. The molecule has 2 aromatic rings. The van der Waals surface area contributed by atoms with Crippen molar-refractivity contribution in [2.45, 2.75) is 65.6 Å². The van der Waals surface area contributed by atoms with E-state index in [0.29, 0.717) is 12.8 Å². The second-order valence-electron chi connectivity index (χ2n) is 7.72. The molecule has 0 spiro atoms. The summed E-state index contributed by atoms with van der Waals surface area (Å²) in [5.41, 5.74) is 0.343. The van der Waals surface area contributed by atoms with E-state index in [1.54, 1.807) is 26.0 Å². The number of carbonyl (C=O) groups excluding carboxylic acids is 2. The molecule has 2 unspecified atom stereocenters. The van der Waals surface area contributed by atoms with Crippen molar-refractivity contribution in [1.29, 1.82) is 10.5 Å². The molecule has 0 amide bonds. The summed E-state index contributed by atoms with van der Waals surface area (Å²) in [7, 11) is 0. The Bertz CT molecular complexity index is 1080. The summed E-state index contributed by atoms with van der Waals surface area (Å²) in [6.07, 6.45) is 2.45. The number of carbonyl (C=O) groups is 2. The van der Waals surface area contributed by atoms with E-state index in [0.717, 1.165) is 12.8 Å². The van der Waals surface area contributed by atoms with Gasteiger partial charge in [0.15, 0.2) is 0 Å². The zero-order chi connectivity index (χ0) is 24.4. The average Bonchev–Trinajstić information content (AvgIpc) is 2.78. The van der Waals surface area contributed by atoms with Crippen molar-refractivity contribution in [3.63, 3.8) is 0 Å². The van der Waals surface area contributed by atoms with E-state index in [2.05, 4.69) is 0 Å². The molecule has 0 saturated carbocycles. The normalized spacial score (nSPS) is 12.1. The van der Waals surface area contributed by atoms with Gasteiger partial charge in [-0.1, -0.05) is 32.8 Å². The molecule has 0 fully saturated rings. The fourth-order valence-corrected chi connectivity index (χ4v) is 3.31. The van der Waals surface area contributed by atoms with Gasteiger partial charge in [0, 0.05) is 0 Å². The zero-order valence-electron chi connectivity index (χ0n) is 19.4. The fourth-order valence-electron chi connectivity index (χ4n) is 3.31. The second-order valence-corrected chi connectivity index (χ2v) is 7.72. The van der Waals surface area contributed by atoms with E-state index in [-0.39, 0.29) is 46.0 Å². The van der Waals surface area contributed by atoms with Crippen LogP contribution in [0.5, 0.6) is 11.5 Å². The van der Waals surface area contributed by atoms with Crippen LogP contribution in [0.4, 0.5) is 0 Å². The van der Waals surface area contributed by atoms with Crippen LogP contribution in [0.25, 0.3) is 0 Å². The topological polar surface area (TPSA) is 109 Å². The number of hydrogen-bond acceptors (Lipinski definition) is 7. The molecule has 2 atom stereocenters. The molecule has 2 rings (SSSR count). The quantitative estimate of drug-likeness (QED) is 0.415. The first kappa shape index (κ1) is 25.4. The Labute approximate surface area is 194 Å². The molecule has 2 aromatic carbocycles. The molecule has 172 valence electrons. The standard InChI is InChI=1S/C26H28N2O5/c1-5-8-17(3)31-25(29)21-13-12-20(14-22(21)26(30)32-18(4)9-6-2)33-24-11-7-10-19(15-27)23(24)16-28/h7,10-14,17-18H,5-6,8-9H2,1-4H3. The predicted octanol–water partition coefficient (Wildman–Crippen LogP) is 5.91. The van der Waals surface area contributed by atoms with Crippen LogP contribution in [0.15, 0.2) is 36.4 Å². The van der Waals surface area contributed by atoms with E-state index in [4.69, 9.17) is 14.2 Å². The van der Waals surface area contributed by atoms with E-state index >= 15 is 0 Å². The summed E-state index contributed by atoms with van der Waals surface area (Å²) in [5, 5.41) is 18.7. The Morgan fingerprint density at radius 2 is 1.48 bits per heavy atom. The first-order chi connectivity index (χ1) is 15.8. The second kappa shape index (κ2) is 12.3. The first-order valence-corrected chi connectivity index (χ1v) is 11.0. The van der Waals surface area contributed by atoms with Crippen molar-refractivity contribution >= 4 is 11.9 Å². The van der Waals surface area contributed by atoms with E-state index in [9.17, 15) is 20.1 Å². The lowest BCUT2D eigenvalue weighted by atomic mass is 10.1. The molecular formula is C26H28N2O5. The molecule has 0 aliphatic rings. The van der Waals surface area contributed by atoms with Gasteiger partial charge in [0.05, 0.1) is 28.9 Å². The molecule has 33 heavy (non-hydrogen) atoms. The smallest absolute Gasteiger partial charge is 0.339 e. The number of esters is 2. The maximum atomic E-state index is 12.9. The minimum atomic E-state index is -0.664. The predicted molar refractivity (Wildman–Crippen MR) is 122 cm³/mol. The van der Waals surface area contributed by atoms with Gasteiger partial charge in [-0.25, -0.2) is 9.59 Å². The molecule has 0 radical (unpaired) electrons. The van der Waals surface area contributed by atoms with Crippen LogP contribution >= 0.6 is 0 Å². The molecule has 0 saturated heterocycles. The molecule has 7 nitrogen and oxygen atoms in total. The molecule has 0 N–H and O–H groups in total. The number of nitrogens with zero attached hydrogens (tertiary/aromatic N) is 2. The largest absolute Gasteiger partial charge is 0.459 e. The Hall–Kier alpha value is -3.84. The summed E-state index contributed by atoms with van der Waals surface area (Å²) >= 11 is 0. The van der Waals surface area contributed by atoms with Crippen molar-refractivity contribution < 1.29 is 23.8 Å². The molecule has 0 aliphatic carbocycles. The number of benzene rings is 2.